The average molecular weight is 346 g/mol. The second kappa shape index (κ2) is 8.47. The van der Waals surface area contributed by atoms with Gasteiger partial charge in [-0.25, -0.2) is 4.79 Å². The van der Waals surface area contributed by atoms with E-state index < -0.39 is 12.6 Å². The number of rotatable bonds is 5. The van der Waals surface area contributed by atoms with Crippen LogP contribution < -0.4 is 10.6 Å². The molecule has 0 unspecified atom stereocenters. The fourth-order valence-corrected chi connectivity index (χ4v) is 3.57. The van der Waals surface area contributed by atoms with E-state index in [1.807, 2.05) is 0 Å². The van der Waals surface area contributed by atoms with Crippen LogP contribution in [0.25, 0.3) is 0 Å². The van der Waals surface area contributed by atoms with Crippen LogP contribution in [-0.4, -0.2) is 24.0 Å². The number of anilines is 1. The van der Waals surface area contributed by atoms with Gasteiger partial charge in [-0.1, -0.05) is 31.4 Å². The summed E-state index contributed by atoms with van der Waals surface area (Å²) >= 11 is 1.10. The van der Waals surface area contributed by atoms with Crippen molar-refractivity contribution in [3.8, 4) is 0 Å². The van der Waals surface area contributed by atoms with Crippen LogP contribution in [0.5, 0.6) is 0 Å². The van der Waals surface area contributed by atoms with Gasteiger partial charge in [0.1, 0.15) is 0 Å². The minimum atomic E-state index is -4.16. The van der Waals surface area contributed by atoms with E-state index in [-0.39, 0.29) is 17.8 Å². The van der Waals surface area contributed by atoms with Gasteiger partial charge in [-0.05, 0) is 25.0 Å². The molecule has 1 fully saturated rings. The number of hydrogen-bond donors (Lipinski definition) is 2. The molecular weight excluding hydrogens is 325 g/mol. The number of urea groups is 1. The number of para-hydroxylation sites is 1. The Balaban J connectivity index is 1.87. The Kier molecular flexibility index (Phi) is 6.62. The Morgan fingerprint density at radius 3 is 2.57 bits per heavy atom. The predicted molar refractivity (Wildman–Crippen MR) is 86.9 cm³/mol. The van der Waals surface area contributed by atoms with Gasteiger partial charge in [0.2, 0.25) is 0 Å². The lowest BCUT2D eigenvalue weighted by atomic mass is 9.96. The number of nitrogens with one attached hydrogen (secondary N) is 2. The lowest BCUT2D eigenvalue weighted by Gasteiger charge is -2.23. The smallest absolute Gasteiger partial charge is 0.335 e. The lowest BCUT2D eigenvalue weighted by Crippen LogP contribution is -2.39. The SMILES string of the molecule is O=C(Nc1ccccc1SCCC(F)(F)F)NC1CCCCC1. The average Bonchev–Trinajstić information content (AvgIpc) is 2.49. The molecule has 0 saturated heterocycles. The minimum absolute atomic E-state index is 0.0631. The third-order valence-electron chi connectivity index (χ3n) is 3.72. The zero-order valence-electron chi connectivity index (χ0n) is 12.8. The summed E-state index contributed by atoms with van der Waals surface area (Å²) < 4.78 is 36.7. The van der Waals surface area contributed by atoms with E-state index in [0.29, 0.717) is 10.6 Å². The zero-order chi connectivity index (χ0) is 16.7. The molecule has 1 aromatic rings. The number of hydrogen-bond acceptors (Lipinski definition) is 2. The zero-order valence-corrected chi connectivity index (χ0v) is 13.6. The molecule has 7 heteroatoms. The fraction of sp³-hybridized carbons (Fsp3) is 0.562. The summed E-state index contributed by atoms with van der Waals surface area (Å²) in [6.45, 7) is 0. The molecule has 0 atom stereocenters. The van der Waals surface area contributed by atoms with Crippen LogP contribution in [0.3, 0.4) is 0 Å². The summed E-state index contributed by atoms with van der Waals surface area (Å²) in [5.74, 6) is -0.0631. The van der Waals surface area contributed by atoms with Crippen LogP contribution >= 0.6 is 11.8 Å². The molecule has 1 aliphatic rings. The molecule has 3 nitrogen and oxygen atoms in total. The largest absolute Gasteiger partial charge is 0.389 e. The van der Waals surface area contributed by atoms with Gasteiger partial charge in [-0.2, -0.15) is 13.2 Å². The first-order valence-electron chi connectivity index (χ1n) is 7.80. The second-order valence-corrected chi connectivity index (χ2v) is 6.78. The highest BCUT2D eigenvalue weighted by Gasteiger charge is 2.26. The Bertz CT molecular complexity index is 516. The molecule has 1 saturated carbocycles. The summed E-state index contributed by atoms with van der Waals surface area (Å²) in [4.78, 5) is 12.7. The monoisotopic (exact) mass is 346 g/mol. The molecule has 23 heavy (non-hydrogen) atoms. The van der Waals surface area contributed by atoms with Crippen molar-refractivity contribution < 1.29 is 18.0 Å². The van der Waals surface area contributed by atoms with Gasteiger partial charge >= 0.3 is 12.2 Å². The third kappa shape index (κ3) is 6.72. The van der Waals surface area contributed by atoms with Crippen LogP contribution in [-0.2, 0) is 0 Å². The number of amides is 2. The van der Waals surface area contributed by atoms with Crippen molar-refractivity contribution in [2.24, 2.45) is 0 Å². The lowest BCUT2D eigenvalue weighted by molar-refractivity contribution is -0.129. The van der Waals surface area contributed by atoms with E-state index in [0.717, 1.165) is 37.4 Å². The van der Waals surface area contributed by atoms with Gasteiger partial charge in [0.25, 0.3) is 0 Å². The molecule has 0 heterocycles. The maximum Gasteiger partial charge on any atom is 0.389 e. The number of carbonyl (C=O) groups is 1. The third-order valence-corrected chi connectivity index (χ3v) is 4.79. The number of benzene rings is 1. The molecule has 1 aromatic carbocycles. The molecule has 128 valence electrons. The first-order valence-corrected chi connectivity index (χ1v) is 8.79. The quantitative estimate of drug-likeness (QED) is 0.721. The molecule has 2 N–H and O–H groups in total. The number of carbonyl (C=O) groups excluding carboxylic acids is 1. The molecule has 2 amide bonds. The highest BCUT2D eigenvalue weighted by Crippen LogP contribution is 2.30. The van der Waals surface area contributed by atoms with Gasteiger partial charge in [-0.15, -0.1) is 11.8 Å². The van der Waals surface area contributed by atoms with Crippen LogP contribution in [0.2, 0.25) is 0 Å². The van der Waals surface area contributed by atoms with Gasteiger partial charge in [0.05, 0.1) is 12.1 Å². The Morgan fingerprint density at radius 1 is 1.17 bits per heavy atom. The Hall–Kier alpha value is -1.37. The first-order chi connectivity index (χ1) is 10.9. The molecule has 0 aliphatic heterocycles. The molecular formula is C16H21F3N2OS. The summed E-state index contributed by atoms with van der Waals surface area (Å²) in [6, 6.07) is 6.83. The molecule has 0 aromatic heterocycles. The van der Waals surface area contributed by atoms with Crippen molar-refractivity contribution in [1.82, 2.24) is 5.32 Å². The van der Waals surface area contributed by atoms with Crippen LogP contribution in [0.1, 0.15) is 38.5 Å². The summed E-state index contributed by atoms with van der Waals surface area (Å²) in [5.41, 5.74) is 0.549. The number of halogens is 3. The summed E-state index contributed by atoms with van der Waals surface area (Å²) in [6.07, 6.45) is 0.404. The molecule has 2 rings (SSSR count). The normalized spacial score (nSPS) is 16.1. The van der Waals surface area contributed by atoms with Gasteiger partial charge < -0.3 is 10.6 Å². The van der Waals surface area contributed by atoms with Crippen molar-refractivity contribution in [2.75, 3.05) is 11.1 Å². The first kappa shape index (κ1) is 18.0. The highest BCUT2D eigenvalue weighted by molar-refractivity contribution is 7.99. The molecule has 0 bridgehead atoms. The van der Waals surface area contributed by atoms with E-state index in [1.54, 1.807) is 24.3 Å². The van der Waals surface area contributed by atoms with Crippen molar-refractivity contribution in [3.05, 3.63) is 24.3 Å². The van der Waals surface area contributed by atoms with E-state index in [2.05, 4.69) is 10.6 Å². The summed E-state index contributed by atoms with van der Waals surface area (Å²) in [7, 11) is 0. The van der Waals surface area contributed by atoms with Crippen molar-refractivity contribution >= 4 is 23.5 Å². The van der Waals surface area contributed by atoms with E-state index >= 15 is 0 Å². The van der Waals surface area contributed by atoms with Crippen LogP contribution in [0.15, 0.2) is 29.2 Å². The van der Waals surface area contributed by atoms with Gasteiger partial charge in [-0.3, -0.25) is 0 Å². The maximum atomic E-state index is 12.2. The predicted octanol–water partition coefficient (Wildman–Crippen LogP) is 5.19. The van der Waals surface area contributed by atoms with Crippen molar-refractivity contribution in [3.63, 3.8) is 0 Å². The highest BCUT2D eigenvalue weighted by atomic mass is 32.2. The minimum Gasteiger partial charge on any atom is -0.335 e. The second-order valence-electron chi connectivity index (χ2n) is 5.64. The van der Waals surface area contributed by atoms with E-state index in [9.17, 15) is 18.0 Å². The fourth-order valence-electron chi connectivity index (χ4n) is 2.56. The molecule has 0 radical (unpaired) electrons. The van der Waals surface area contributed by atoms with Crippen molar-refractivity contribution in [1.29, 1.82) is 0 Å². The molecule has 1 aliphatic carbocycles. The standard InChI is InChI=1S/C16H21F3N2OS/c17-16(18,19)10-11-23-14-9-5-4-8-13(14)21-15(22)20-12-6-2-1-3-7-12/h4-5,8-9,12H,1-3,6-7,10-11H2,(H2,20,21,22). The summed E-state index contributed by atoms with van der Waals surface area (Å²) in [5, 5.41) is 5.69. The number of alkyl halides is 3. The topological polar surface area (TPSA) is 41.1 Å². The van der Waals surface area contributed by atoms with Crippen LogP contribution in [0.4, 0.5) is 23.7 Å². The van der Waals surface area contributed by atoms with Gasteiger partial charge in [0, 0.05) is 16.7 Å². The molecule has 0 spiro atoms. The Morgan fingerprint density at radius 2 is 1.87 bits per heavy atom. The van der Waals surface area contributed by atoms with Crippen molar-refractivity contribution in [2.45, 2.75) is 55.6 Å². The Labute approximate surface area is 138 Å². The van der Waals surface area contributed by atoms with E-state index in [4.69, 9.17) is 0 Å². The van der Waals surface area contributed by atoms with Crippen LogP contribution in [0, 0.1) is 0 Å². The number of thioether (sulfide) groups is 1. The van der Waals surface area contributed by atoms with E-state index in [1.165, 1.54) is 6.42 Å². The maximum absolute atomic E-state index is 12.2. The van der Waals surface area contributed by atoms with Gasteiger partial charge in [0.15, 0.2) is 0 Å².